The lowest BCUT2D eigenvalue weighted by Crippen LogP contribution is -2.25. The van der Waals surface area contributed by atoms with Crippen molar-refractivity contribution in [3.05, 3.63) is 16.3 Å². The highest BCUT2D eigenvalue weighted by atomic mass is 32.1. The fraction of sp³-hybridized carbons (Fsp3) is 0.444. The van der Waals surface area contributed by atoms with E-state index in [0.717, 1.165) is 36.4 Å². The van der Waals surface area contributed by atoms with Crippen molar-refractivity contribution in [2.45, 2.75) is 12.5 Å². The Hall–Kier alpha value is -0.870. The van der Waals surface area contributed by atoms with Crippen LogP contribution >= 0.6 is 11.3 Å². The summed E-state index contributed by atoms with van der Waals surface area (Å²) in [6.45, 7) is 1.92. The summed E-state index contributed by atoms with van der Waals surface area (Å²) in [5.41, 5.74) is 6.93. The molecule has 1 fully saturated rings. The first-order valence-corrected chi connectivity index (χ1v) is 5.22. The molecular weight excluding hydrogens is 184 g/mol. The maximum absolute atomic E-state index is 10.5. The van der Waals surface area contributed by atoms with E-state index >= 15 is 0 Å². The number of hydrogen-bond donors (Lipinski definition) is 1. The van der Waals surface area contributed by atoms with Gasteiger partial charge in [0.2, 0.25) is 0 Å². The molecule has 1 aromatic heterocycles. The van der Waals surface area contributed by atoms with Gasteiger partial charge in [0.25, 0.3) is 0 Å². The standard InChI is InChI=1S/C9H12N2OS/c10-7-1-2-11(4-7)8-3-9(5-12)13-6-8/h3,5-7H,1-2,4,10H2. The van der Waals surface area contributed by atoms with Crippen LogP contribution < -0.4 is 10.6 Å². The Balaban J connectivity index is 2.12. The summed E-state index contributed by atoms with van der Waals surface area (Å²) in [7, 11) is 0. The van der Waals surface area contributed by atoms with Gasteiger partial charge in [-0.2, -0.15) is 0 Å². The number of anilines is 1. The van der Waals surface area contributed by atoms with Gasteiger partial charge in [-0.05, 0) is 12.5 Å². The smallest absolute Gasteiger partial charge is 0.160 e. The zero-order valence-electron chi connectivity index (χ0n) is 7.27. The Kier molecular flexibility index (Phi) is 2.33. The van der Waals surface area contributed by atoms with Crippen molar-refractivity contribution in [2.75, 3.05) is 18.0 Å². The number of nitrogens with zero attached hydrogens (tertiary/aromatic N) is 1. The first-order chi connectivity index (χ1) is 6.29. The van der Waals surface area contributed by atoms with Crippen LogP contribution in [0, 0.1) is 0 Å². The van der Waals surface area contributed by atoms with E-state index < -0.39 is 0 Å². The molecule has 0 spiro atoms. The molecule has 1 unspecified atom stereocenters. The van der Waals surface area contributed by atoms with Crippen molar-refractivity contribution in [1.82, 2.24) is 0 Å². The van der Waals surface area contributed by atoms with Crippen molar-refractivity contribution in [3.8, 4) is 0 Å². The Morgan fingerprint density at radius 2 is 2.54 bits per heavy atom. The highest BCUT2D eigenvalue weighted by Gasteiger charge is 2.19. The number of carbonyl (C=O) groups excluding carboxylic acids is 1. The summed E-state index contributed by atoms with van der Waals surface area (Å²) in [6.07, 6.45) is 1.94. The third-order valence-electron chi connectivity index (χ3n) is 2.31. The van der Waals surface area contributed by atoms with E-state index in [1.165, 1.54) is 11.3 Å². The molecule has 2 N–H and O–H groups in total. The third kappa shape index (κ3) is 1.73. The van der Waals surface area contributed by atoms with Crippen LogP contribution in [0.1, 0.15) is 16.1 Å². The Bertz CT molecular complexity index is 310. The summed E-state index contributed by atoms with van der Waals surface area (Å²) in [4.78, 5) is 13.5. The topological polar surface area (TPSA) is 46.3 Å². The number of thiophene rings is 1. The Morgan fingerprint density at radius 1 is 1.69 bits per heavy atom. The molecule has 13 heavy (non-hydrogen) atoms. The van der Waals surface area contributed by atoms with Crippen molar-refractivity contribution >= 4 is 23.3 Å². The molecule has 2 heterocycles. The third-order valence-corrected chi connectivity index (χ3v) is 3.16. The van der Waals surface area contributed by atoms with Crippen molar-refractivity contribution in [2.24, 2.45) is 5.73 Å². The number of carbonyl (C=O) groups is 1. The Morgan fingerprint density at radius 3 is 3.08 bits per heavy atom. The average molecular weight is 196 g/mol. The van der Waals surface area contributed by atoms with E-state index in [-0.39, 0.29) is 0 Å². The molecule has 1 aliphatic heterocycles. The van der Waals surface area contributed by atoms with Crippen LogP contribution in [0.4, 0.5) is 5.69 Å². The van der Waals surface area contributed by atoms with E-state index in [0.29, 0.717) is 6.04 Å². The second-order valence-electron chi connectivity index (χ2n) is 3.32. The van der Waals surface area contributed by atoms with Crippen molar-refractivity contribution in [1.29, 1.82) is 0 Å². The van der Waals surface area contributed by atoms with Crippen molar-refractivity contribution < 1.29 is 4.79 Å². The summed E-state index contributed by atoms with van der Waals surface area (Å²) in [6, 6.07) is 2.22. The van der Waals surface area contributed by atoms with E-state index in [4.69, 9.17) is 5.73 Å². The molecule has 0 bridgehead atoms. The minimum absolute atomic E-state index is 0.291. The molecule has 1 aliphatic rings. The molecule has 0 aliphatic carbocycles. The molecule has 0 saturated carbocycles. The lowest BCUT2D eigenvalue weighted by molar-refractivity contribution is 0.112. The largest absolute Gasteiger partial charge is 0.369 e. The van der Waals surface area contributed by atoms with Gasteiger partial charge in [-0.3, -0.25) is 4.79 Å². The summed E-state index contributed by atoms with van der Waals surface area (Å²) in [5, 5.41) is 2.02. The number of hydrogen-bond acceptors (Lipinski definition) is 4. The first kappa shape index (κ1) is 8.72. The minimum atomic E-state index is 0.291. The van der Waals surface area contributed by atoms with E-state index in [1.54, 1.807) is 0 Å². The van der Waals surface area contributed by atoms with Crippen LogP contribution in [0.15, 0.2) is 11.4 Å². The van der Waals surface area contributed by atoms with Crippen LogP contribution in [-0.2, 0) is 0 Å². The van der Waals surface area contributed by atoms with Gasteiger partial charge in [-0.15, -0.1) is 11.3 Å². The molecule has 3 nitrogen and oxygen atoms in total. The molecule has 70 valence electrons. The molecule has 4 heteroatoms. The first-order valence-electron chi connectivity index (χ1n) is 4.34. The van der Waals surface area contributed by atoms with E-state index in [2.05, 4.69) is 4.90 Å². The lowest BCUT2D eigenvalue weighted by Gasteiger charge is -2.15. The molecule has 2 rings (SSSR count). The monoisotopic (exact) mass is 196 g/mol. The highest BCUT2D eigenvalue weighted by molar-refractivity contribution is 7.12. The normalized spacial score (nSPS) is 22.2. The van der Waals surface area contributed by atoms with Crippen molar-refractivity contribution in [3.63, 3.8) is 0 Å². The maximum atomic E-state index is 10.5. The fourth-order valence-corrected chi connectivity index (χ4v) is 2.31. The average Bonchev–Trinajstić information content (AvgIpc) is 2.71. The maximum Gasteiger partial charge on any atom is 0.160 e. The van der Waals surface area contributed by atoms with E-state index in [9.17, 15) is 4.79 Å². The lowest BCUT2D eigenvalue weighted by atomic mass is 10.3. The molecule has 1 atom stereocenters. The van der Waals surface area contributed by atoms with Gasteiger partial charge in [-0.1, -0.05) is 0 Å². The van der Waals surface area contributed by atoms with Gasteiger partial charge in [0.15, 0.2) is 6.29 Å². The van der Waals surface area contributed by atoms with Crippen LogP contribution in [0.2, 0.25) is 0 Å². The predicted molar refractivity (Wildman–Crippen MR) is 54.5 cm³/mol. The van der Waals surface area contributed by atoms with Gasteiger partial charge in [-0.25, -0.2) is 0 Å². The molecular formula is C9H12N2OS. The van der Waals surface area contributed by atoms with Gasteiger partial charge < -0.3 is 10.6 Å². The van der Waals surface area contributed by atoms with Crippen LogP contribution in [0.5, 0.6) is 0 Å². The zero-order chi connectivity index (χ0) is 9.26. The number of nitrogens with two attached hydrogens (primary N) is 1. The van der Waals surface area contributed by atoms with Gasteiger partial charge in [0.1, 0.15) is 0 Å². The summed E-state index contributed by atoms with van der Waals surface area (Å²) in [5.74, 6) is 0. The molecule has 0 amide bonds. The predicted octanol–water partition coefficient (Wildman–Crippen LogP) is 1.10. The van der Waals surface area contributed by atoms with Crippen LogP contribution in [0.3, 0.4) is 0 Å². The van der Waals surface area contributed by atoms with Gasteiger partial charge in [0, 0.05) is 30.2 Å². The Labute approximate surface area is 81.2 Å². The van der Waals surface area contributed by atoms with Gasteiger partial charge >= 0.3 is 0 Å². The second kappa shape index (κ2) is 3.47. The molecule has 0 aromatic carbocycles. The fourth-order valence-electron chi connectivity index (χ4n) is 1.59. The zero-order valence-corrected chi connectivity index (χ0v) is 8.09. The number of rotatable bonds is 2. The van der Waals surface area contributed by atoms with Crippen LogP contribution in [0.25, 0.3) is 0 Å². The molecule has 1 aromatic rings. The summed E-state index contributed by atoms with van der Waals surface area (Å²) >= 11 is 1.49. The number of aldehydes is 1. The van der Waals surface area contributed by atoms with Gasteiger partial charge in [0.05, 0.1) is 4.88 Å². The quantitative estimate of drug-likeness (QED) is 0.720. The molecule has 0 radical (unpaired) electrons. The highest BCUT2D eigenvalue weighted by Crippen LogP contribution is 2.24. The second-order valence-corrected chi connectivity index (χ2v) is 4.26. The van der Waals surface area contributed by atoms with Crippen LogP contribution in [-0.4, -0.2) is 25.4 Å². The summed E-state index contributed by atoms with van der Waals surface area (Å²) < 4.78 is 0. The van der Waals surface area contributed by atoms with E-state index in [1.807, 2.05) is 11.4 Å². The SMILES string of the molecule is NC1CCN(c2csc(C=O)c2)C1. The molecule has 1 saturated heterocycles. The minimum Gasteiger partial charge on any atom is -0.369 e.